The highest BCUT2D eigenvalue weighted by atomic mass is 16.5. The average molecular weight is 614 g/mol. The smallest absolute Gasteiger partial charge is 0.328 e. The van der Waals surface area contributed by atoms with Crippen LogP contribution in [0.5, 0.6) is 0 Å². The van der Waals surface area contributed by atoms with Crippen molar-refractivity contribution in [2.45, 2.75) is 44.7 Å². The normalized spacial score (nSPS) is 12.4. The van der Waals surface area contributed by atoms with Crippen molar-refractivity contribution < 1.29 is 19.1 Å². The number of hydrogen-bond donors (Lipinski definition) is 5. The van der Waals surface area contributed by atoms with Gasteiger partial charge in [0.05, 0.1) is 19.6 Å². The number of rotatable bonds is 16. The number of nitrogens with zero attached hydrogens (tertiary/aromatic N) is 2. The number of esters is 1. The van der Waals surface area contributed by atoms with Gasteiger partial charge in [0.1, 0.15) is 6.04 Å². The van der Waals surface area contributed by atoms with E-state index in [1.54, 1.807) is 4.90 Å². The highest BCUT2D eigenvalue weighted by molar-refractivity contribution is 5.91. The lowest BCUT2D eigenvalue weighted by Crippen LogP contribution is -2.54. The van der Waals surface area contributed by atoms with Gasteiger partial charge in [0, 0.05) is 49.7 Å². The Morgan fingerprint density at radius 1 is 0.956 bits per heavy atom. The predicted molar refractivity (Wildman–Crippen MR) is 178 cm³/mol. The van der Waals surface area contributed by atoms with E-state index in [0.29, 0.717) is 45.4 Å². The molecular weight excluding hydrogens is 570 g/mol. The van der Waals surface area contributed by atoms with Gasteiger partial charge in [-0.1, -0.05) is 60.7 Å². The second-order valence-corrected chi connectivity index (χ2v) is 10.8. The molecule has 0 saturated heterocycles. The number of likely N-dealkylation sites (N-methyl/N-ethyl adjacent to an activating group) is 1. The number of aromatic nitrogens is 1. The van der Waals surface area contributed by atoms with Crippen molar-refractivity contribution in [3.8, 4) is 0 Å². The number of ether oxygens (including phenoxy) is 1. The molecule has 0 aliphatic heterocycles. The zero-order valence-electron chi connectivity index (χ0n) is 25.9. The van der Waals surface area contributed by atoms with Crippen LogP contribution in [-0.4, -0.2) is 79.0 Å². The highest BCUT2D eigenvalue weighted by Gasteiger charge is 2.34. The van der Waals surface area contributed by atoms with Gasteiger partial charge in [0.25, 0.3) is 0 Å². The summed E-state index contributed by atoms with van der Waals surface area (Å²) in [6.45, 7) is 3.17. The summed E-state index contributed by atoms with van der Waals surface area (Å²) in [4.78, 5) is 48.7. The van der Waals surface area contributed by atoms with Crippen molar-refractivity contribution in [2.24, 2.45) is 16.5 Å². The number of benzene rings is 3. The number of para-hydroxylation sites is 1. The maximum absolute atomic E-state index is 14.0. The minimum atomic E-state index is -0.825. The third-order valence-corrected chi connectivity index (χ3v) is 7.87. The molecule has 0 bridgehead atoms. The zero-order chi connectivity index (χ0) is 32.2. The first-order valence-electron chi connectivity index (χ1n) is 15.3. The lowest BCUT2D eigenvalue weighted by Gasteiger charge is -2.32. The van der Waals surface area contributed by atoms with Crippen molar-refractivity contribution >= 4 is 45.4 Å². The number of fused-ring (bicyclic) bond motifs is 2. The van der Waals surface area contributed by atoms with Gasteiger partial charge in [-0.25, -0.2) is 4.79 Å². The molecule has 45 heavy (non-hydrogen) atoms. The molecular formula is C34H43N7O4. The SMILES string of the molecule is CCN(C(=O)C(CCCN=C(N)N)NCCNC(=O)Cc1cccc2ccccc12)C(Cc1c[nH]c2ccccc12)C(=O)OC. The first kappa shape index (κ1) is 33.0. The molecule has 0 aliphatic rings. The quantitative estimate of drug-likeness (QED) is 0.0560. The van der Waals surface area contributed by atoms with E-state index in [0.717, 1.165) is 32.8 Å². The third kappa shape index (κ3) is 8.82. The summed E-state index contributed by atoms with van der Waals surface area (Å²) in [5.74, 6) is -0.849. The standard InChI is InChI=1S/C34H43N7O4/c1-3-41(30(33(44)45-2)20-25-22-40-28-15-7-6-14-27(25)28)32(43)29(16-9-17-39-34(35)36)37-18-19-38-31(42)21-24-12-8-11-23-10-4-5-13-26(23)24/h4-8,10-15,22,29-30,37,40H,3,9,16-21H2,1-2H3,(H,38,42)(H4,35,36,39). The molecule has 238 valence electrons. The van der Waals surface area contributed by atoms with Crippen molar-refractivity contribution in [1.82, 2.24) is 20.5 Å². The summed E-state index contributed by atoms with van der Waals surface area (Å²) < 4.78 is 5.15. The average Bonchev–Trinajstić information content (AvgIpc) is 3.46. The maximum atomic E-state index is 14.0. The fourth-order valence-corrected chi connectivity index (χ4v) is 5.64. The zero-order valence-corrected chi connectivity index (χ0v) is 25.9. The number of guanidine groups is 1. The third-order valence-electron chi connectivity index (χ3n) is 7.87. The first-order chi connectivity index (χ1) is 21.8. The molecule has 0 spiro atoms. The van der Waals surface area contributed by atoms with Crippen LogP contribution in [0.2, 0.25) is 0 Å². The van der Waals surface area contributed by atoms with Gasteiger partial charge >= 0.3 is 5.97 Å². The number of H-pyrrole nitrogens is 1. The van der Waals surface area contributed by atoms with Gasteiger partial charge in [-0.3, -0.25) is 14.6 Å². The van der Waals surface area contributed by atoms with Gasteiger partial charge in [-0.05, 0) is 47.7 Å². The molecule has 0 radical (unpaired) electrons. The van der Waals surface area contributed by atoms with Gasteiger partial charge in [-0.15, -0.1) is 0 Å². The lowest BCUT2D eigenvalue weighted by molar-refractivity contribution is -0.153. The highest BCUT2D eigenvalue weighted by Crippen LogP contribution is 2.22. The van der Waals surface area contributed by atoms with Crippen LogP contribution < -0.4 is 22.1 Å². The first-order valence-corrected chi connectivity index (χ1v) is 15.3. The van der Waals surface area contributed by atoms with Crippen LogP contribution in [0.3, 0.4) is 0 Å². The Hall–Kier alpha value is -4.90. The van der Waals surface area contributed by atoms with E-state index in [4.69, 9.17) is 16.2 Å². The van der Waals surface area contributed by atoms with E-state index in [-0.39, 0.29) is 24.2 Å². The lowest BCUT2D eigenvalue weighted by atomic mass is 10.0. The Bertz CT molecular complexity index is 1620. The molecule has 0 aliphatic carbocycles. The Kier molecular flexibility index (Phi) is 11.9. The molecule has 4 rings (SSSR count). The van der Waals surface area contributed by atoms with Crippen molar-refractivity contribution in [2.75, 3.05) is 33.3 Å². The molecule has 2 atom stereocenters. The number of carbonyl (C=O) groups is 3. The number of amides is 2. The maximum Gasteiger partial charge on any atom is 0.328 e. The summed E-state index contributed by atoms with van der Waals surface area (Å²) in [5, 5.41) is 9.37. The summed E-state index contributed by atoms with van der Waals surface area (Å²) in [7, 11) is 1.33. The largest absolute Gasteiger partial charge is 0.467 e. The molecule has 0 fully saturated rings. The number of aliphatic imine (C=N–C) groups is 1. The Morgan fingerprint density at radius 3 is 2.44 bits per heavy atom. The van der Waals surface area contributed by atoms with Crippen molar-refractivity contribution in [3.05, 3.63) is 84.1 Å². The second-order valence-electron chi connectivity index (χ2n) is 10.8. The van der Waals surface area contributed by atoms with Gasteiger partial charge in [0.2, 0.25) is 11.8 Å². The number of nitrogens with two attached hydrogens (primary N) is 2. The van der Waals surface area contributed by atoms with E-state index < -0.39 is 18.1 Å². The summed E-state index contributed by atoms with van der Waals surface area (Å²) in [6.07, 6.45) is 3.38. The molecule has 4 aromatic rings. The molecule has 0 saturated carbocycles. The number of carbonyl (C=O) groups excluding carboxylic acids is 3. The molecule has 7 N–H and O–H groups in total. The monoisotopic (exact) mass is 613 g/mol. The topological polar surface area (TPSA) is 168 Å². The van der Waals surface area contributed by atoms with E-state index in [1.165, 1.54) is 7.11 Å². The number of aromatic amines is 1. The van der Waals surface area contributed by atoms with Crippen molar-refractivity contribution in [3.63, 3.8) is 0 Å². The Balaban J connectivity index is 1.42. The van der Waals surface area contributed by atoms with Crippen LogP contribution in [0, 0.1) is 0 Å². The Labute approximate surface area is 263 Å². The van der Waals surface area contributed by atoms with Gasteiger partial charge < -0.3 is 36.7 Å². The molecule has 2 amide bonds. The number of nitrogens with one attached hydrogen (secondary N) is 3. The van der Waals surface area contributed by atoms with Crippen LogP contribution in [0.25, 0.3) is 21.7 Å². The number of methoxy groups -OCH3 is 1. The molecule has 3 aromatic carbocycles. The molecule has 1 heterocycles. The molecule has 2 unspecified atom stereocenters. The van der Waals surface area contributed by atoms with Crippen molar-refractivity contribution in [1.29, 1.82) is 0 Å². The fraction of sp³-hybridized carbons (Fsp3) is 0.353. The van der Waals surface area contributed by atoms with Gasteiger partial charge in [-0.2, -0.15) is 0 Å². The minimum Gasteiger partial charge on any atom is -0.467 e. The van der Waals surface area contributed by atoms with Crippen LogP contribution in [0.1, 0.15) is 30.9 Å². The molecule has 11 heteroatoms. The summed E-state index contributed by atoms with van der Waals surface area (Å²) in [5.41, 5.74) is 13.8. The summed E-state index contributed by atoms with van der Waals surface area (Å²) >= 11 is 0. The summed E-state index contributed by atoms with van der Waals surface area (Å²) in [6, 6.07) is 20.3. The van der Waals surface area contributed by atoms with E-state index >= 15 is 0 Å². The molecule has 11 nitrogen and oxygen atoms in total. The van der Waals surface area contributed by atoms with E-state index in [2.05, 4.69) is 20.6 Å². The van der Waals surface area contributed by atoms with Crippen LogP contribution >= 0.6 is 0 Å². The van der Waals surface area contributed by atoms with Crippen LogP contribution in [0.4, 0.5) is 0 Å². The predicted octanol–water partition coefficient (Wildman–Crippen LogP) is 2.62. The van der Waals surface area contributed by atoms with Crippen LogP contribution in [0.15, 0.2) is 77.9 Å². The van der Waals surface area contributed by atoms with E-state index in [9.17, 15) is 14.4 Å². The van der Waals surface area contributed by atoms with Crippen LogP contribution in [-0.2, 0) is 32.0 Å². The second kappa shape index (κ2) is 16.2. The van der Waals surface area contributed by atoms with E-state index in [1.807, 2.05) is 79.9 Å². The van der Waals surface area contributed by atoms with Gasteiger partial charge in [0.15, 0.2) is 5.96 Å². The molecule has 1 aromatic heterocycles. The number of hydrogen-bond acceptors (Lipinski definition) is 6. The Morgan fingerprint density at radius 2 is 1.69 bits per heavy atom. The fourth-order valence-electron chi connectivity index (χ4n) is 5.64. The minimum absolute atomic E-state index is 0.0144.